The van der Waals surface area contributed by atoms with E-state index in [-0.39, 0.29) is 11.7 Å². The number of fused-ring (bicyclic) bond motifs is 1. The van der Waals surface area contributed by atoms with E-state index in [1.165, 1.54) is 6.92 Å². The van der Waals surface area contributed by atoms with Gasteiger partial charge in [0.05, 0.1) is 12.6 Å². The average molecular weight is 335 g/mol. The van der Waals surface area contributed by atoms with Gasteiger partial charge >= 0.3 is 0 Å². The Labute approximate surface area is 147 Å². The van der Waals surface area contributed by atoms with E-state index in [9.17, 15) is 9.90 Å². The molecule has 3 rings (SSSR count). The Morgan fingerprint density at radius 3 is 2.48 bits per heavy atom. The van der Waals surface area contributed by atoms with Crippen molar-refractivity contribution in [3.63, 3.8) is 0 Å². The summed E-state index contributed by atoms with van der Waals surface area (Å²) in [6.45, 7) is 4.00. The fourth-order valence-electron chi connectivity index (χ4n) is 3.04. The number of aromatic hydroxyl groups is 1. The Hall–Kier alpha value is -3.01. The summed E-state index contributed by atoms with van der Waals surface area (Å²) in [6.07, 6.45) is 0. The third-order valence-corrected chi connectivity index (χ3v) is 4.11. The molecule has 0 heterocycles. The van der Waals surface area contributed by atoms with Gasteiger partial charge in [-0.05, 0) is 41.5 Å². The molecule has 128 valence electrons. The van der Waals surface area contributed by atoms with Crippen molar-refractivity contribution in [2.45, 2.75) is 19.9 Å². The van der Waals surface area contributed by atoms with Crippen molar-refractivity contribution in [1.82, 2.24) is 5.32 Å². The fourth-order valence-corrected chi connectivity index (χ4v) is 3.04. The minimum atomic E-state index is -0.445. The average Bonchev–Trinajstić information content (AvgIpc) is 2.61. The number of rotatable bonds is 5. The van der Waals surface area contributed by atoms with Gasteiger partial charge < -0.3 is 15.2 Å². The van der Waals surface area contributed by atoms with Crippen molar-refractivity contribution < 1.29 is 14.6 Å². The van der Waals surface area contributed by atoms with Crippen LogP contribution < -0.4 is 10.1 Å². The van der Waals surface area contributed by atoms with Crippen LogP contribution in [0.3, 0.4) is 0 Å². The molecular weight excluding hydrogens is 314 g/mol. The van der Waals surface area contributed by atoms with E-state index in [1.54, 1.807) is 6.07 Å². The highest BCUT2D eigenvalue weighted by atomic mass is 16.5. The number of amides is 1. The predicted octanol–water partition coefficient (Wildman–Crippen LogP) is 4.17. The molecule has 0 saturated carbocycles. The summed E-state index contributed by atoms with van der Waals surface area (Å²) in [7, 11) is 0. The van der Waals surface area contributed by atoms with Crippen LogP contribution in [0.15, 0.2) is 60.7 Å². The van der Waals surface area contributed by atoms with E-state index in [1.807, 2.05) is 61.5 Å². The van der Waals surface area contributed by atoms with Crippen molar-refractivity contribution in [1.29, 1.82) is 0 Å². The van der Waals surface area contributed by atoms with Gasteiger partial charge in [-0.1, -0.05) is 42.5 Å². The van der Waals surface area contributed by atoms with Crippen LogP contribution in [0.25, 0.3) is 10.8 Å². The number of hydrogen-bond acceptors (Lipinski definition) is 3. The topological polar surface area (TPSA) is 58.6 Å². The molecule has 25 heavy (non-hydrogen) atoms. The lowest BCUT2D eigenvalue weighted by Gasteiger charge is -2.22. The summed E-state index contributed by atoms with van der Waals surface area (Å²) < 4.78 is 5.48. The first-order chi connectivity index (χ1) is 12.1. The van der Waals surface area contributed by atoms with Crippen LogP contribution in [0.4, 0.5) is 0 Å². The van der Waals surface area contributed by atoms with Gasteiger partial charge in [-0.2, -0.15) is 0 Å². The van der Waals surface area contributed by atoms with E-state index in [4.69, 9.17) is 4.74 Å². The Morgan fingerprint density at radius 2 is 1.80 bits per heavy atom. The van der Waals surface area contributed by atoms with Gasteiger partial charge in [0.15, 0.2) is 0 Å². The van der Waals surface area contributed by atoms with Gasteiger partial charge in [-0.25, -0.2) is 0 Å². The highest BCUT2D eigenvalue weighted by Crippen LogP contribution is 2.36. The van der Waals surface area contributed by atoms with E-state index in [0.29, 0.717) is 12.2 Å². The summed E-state index contributed by atoms with van der Waals surface area (Å²) in [5.41, 5.74) is 1.57. The van der Waals surface area contributed by atoms with Crippen LogP contribution in [0.1, 0.15) is 31.0 Å². The molecule has 0 aliphatic heterocycles. The Balaban J connectivity index is 2.13. The van der Waals surface area contributed by atoms with Crippen LogP contribution in [0.2, 0.25) is 0 Å². The van der Waals surface area contributed by atoms with Crippen molar-refractivity contribution in [3.05, 3.63) is 71.8 Å². The molecule has 1 atom stereocenters. The highest BCUT2D eigenvalue weighted by Gasteiger charge is 2.21. The Morgan fingerprint density at radius 1 is 1.08 bits per heavy atom. The lowest BCUT2D eigenvalue weighted by molar-refractivity contribution is -0.119. The van der Waals surface area contributed by atoms with E-state index < -0.39 is 6.04 Å². The molecule has 3 aromatic carbocycles. The third-order valence-electron chi connectivity index (χ3n) is 4.11. The minimum Gasteiger partial charge on any atom is -0.508 e. The van der Waals surface area contributed by atoms with E-state index in [0.717, 1.165) is 22.1 Å². The number of ether oxygens (including phenoxy) is 1. The smallest absolute Gasteiger partial charge is 0.217 e. The first-order valence-corrected chi connectivity index (χ1v) is 8.30. The zero-order valence-electron chi connectivity index (χ0n) is 14.3. The molecule has 2 N–H and O–H groups in total. The zero-order valence-corrected chi connectivity index (χ0v) is 14.3. The number of carbonyl (C=O) groups excluding carboxylic acids is 1. The first-order valence-electron chi connectivity index (χ1n) is 8.30. The van der Waals surface area contributed by atoms with Gasteiger partial charge in [0.1, 0.15) is 11.5 Å². The van der Waals surface area contributed by atoms with Gasteiger partial charge in [0.25, 0.3) is 0 Å². The quantitative estimate of drug-likeness (QED) is 0.736. The molecule has 0 fully saturated rings. The molecule has 0 aliphatic rings. The standard InChI is InChI=1S/C21H21NO3/c1-3-25-17-11-8-16(9-12-17)21(22-14(2)23)20-18-7-5-4-6-15(18)10-13-19(20)24/h4-13,21,24H,3H2,1-2H3,(H,22,23). The molecule has 0 spiro atoms. The summed E-state index contributed by atoms with van der Waals surface area (Å²) in [5, 5.41) is 15.4. The van der Waals surface area contributed by atoms with Crippen LogP contribution in [-0.4, -0.2) is 17.6 Å². The number of phenols is 1. The highest BCUT2D eigenvalue weighted by molar-refractivity contribution is 5.89. The predicted molar refractivity (Wildman–Crippen MR) is 98.9 cm³/mol. The van der Waals surface area contributed by atoms with E-state index >= 15 is 0 Å². The van der Waals surface area contributed by atoms with Crippen LogP contribution in [0.5, 0.6) is 11.5 Å². The molecule has 3 aromatic rings. The number of benzene rings is 3. The molecule has 4 heteroatoms. The summed E-state index contributed by atoms with van der Waals surface area (Å²) in [6, 6.07) is 18.5. The van der Waals surface area contributed by atoms with Gasteiger partial charge in [-0.15, -0.1) is 0 Å². The summed E-state index contributed by atoms with van der Waals surface area (Å²) in [5.74, 6) is 0.771. The largest absolute Gasteiger partial charge is 0.508 e. The van der Waals surface area contributed by atoms with Gasteiger partial charge in [0, 0.05) is 12.5 Å². The molecule has 1 amide bonds. The second-order valence-electron chi connectivity index (χ2n) is 5.86. The van der Waals surface area contributed by atoms with Gasteiger partial charge in [-0.3, -0.25) is 4.79 Å². The second-order valence-corrected chi connectivity index (χ2v) is 5.86. The first kappa shape index (κ1) is 16.8. The number of carbonyl (C=O) groups is 1. The molecule has 1 unspecified atom stereocenters. The molecule has 0 saturated heterocycles. The minimum absolute atomic E-state index is 0.159. The normalized spacial score (nSPS) is 11.9. The molecule has 0 radical (unpaired) electrons. The van der Waals surface area contributed by atoms with Crippen molar-refractivity contribution in [2.24, 2.45) is 0 Å². The lowest BCUT2D eigenvalue weighted by Crippen LogP contribution is -2.27. The summed E-state index contributed by atoms with van der Waals surface area (Å²) in [4.78, 5) is 11.8. The third kappa shape index (κ3) is 3.58. The molecule has 4 nitrogen and oxygen atoms in total. The lowest BCUT2D eigenvalue weighted by atomic mass is 9.92. The maximum Gasteiger partial charge on any atom is 0.217 e. The van der Waals surface area contributed by atoms with Crippen molar-refractivity contribution in [2.75, 3.05) is 6.61 Å². The maximum atomic E-state index is 11.8. The SMILES string of the molecule is CCOc1ccc(C(NC(C)=O)c2c(O)ccc3ccccc23)cc1. The second kappa shape index (κ2) is 7.26. The zero-order chi connectivity index (χ0) is 17.8. The van der Waals surface area contributed by atoms with E-state index in [2.05, 4.69) is 5.32 Å². The van der Waals surface area contributed by atoms with Gasteiger partial charge in [0.2, 0.25) is 5.91 Å². The Bertz CT molecular complexity index is 887. The number of nitrogens with one attached hydrogen (secondary N) is 1. The molecular formula is C21H21NO3. The molecule has 0 aliphatic carbocycles. The van der Waals surface area contributed by atoms with Crippen molar-refractivity contribution in [3.8, 4) is 11.5 Å². The summed E-state index contributed by atoms with van der Waals surface area (Å²) >= 11 is 0. The monoisotopic (exact) mass is 335 g/mol. The van der Waals surface area contributed by atoms with Crippen molar-refractivity contribution >= 4 is 16.7 Å². The van der Waals surface area contributed by atoms with Crippen LogP contribution in [0, 0.1) is 0 Å². The Kier molecular flexibility index (Phi) is 4.89. The number of phenolic OH excluding ortho intramolecular Hbond substituents is 1. The fraction of sp³-hybridized carbons (Fsp3) is 0.190. The van der Waals surface area contributed by atoms with Crippen LogP contribution >= 0.6 is 0 Å². The molecule has 0 aromatic heterocycles. The molecule has 0 bridgehead atoms. The number of hydrogen-bond donors (Lipinski definition) is 2. The van der Waals surface area contributed by atoms with Crippen LogP contribution in [-0.2, 0) is 4.79 Å². The maximum absolute atomic E-state index is 11.8.